The van der Waals surface area contributed by atoms with Gasteiger partial charge in [-0.15, -0.1) is 0 Å². The fourth-order valence-electron chi connectivity index (χ4n) is 2.46. The van der Waals surface area contributed by atoms with Crippen LogP contribution in [0.1, 0.15) is 11.1 Å². The third-order valence-corrected chi connectivity index (χ3v) is 3.69. The molecule has 2 N–H and O–H groups in total. The first-order valence-corrected chi connectivity index (χ1v) is 6.77. The van der Waals surface area contributed by atoms with Crippen molar-refractivity contribution in [2.45, 2.75) is 13.3 Å². The number of nitrogens with zero attached hydrogens (tertiary/aromatic N) is 1. The predicted molar refractivity (Wildman–Crippen MR) is 79.7 cm³/mol. The fourth-order valence-corrected chi connectivity index (χ4v) is 2.46. The van der Waals surface area contributed by atoms with Gasteiger partial charge < -0.3 is 10.6 Å². The Balaban J connectivity index is 1.72. The van der Waals surface area contributed by atoms with Gasteiger partial charge in [-0.2, -0.15) is 0 Å². The lowest BCUT2D eigenvalue weighted by molar-refractivity contribution is -0.119. The first-order valence-electron chi connectivity index (χ1n) is 6.77. The van der Waals surface area contributed by atoms with E-state index in [1.165, 1.54) is 5.56 Å². The van der Waals surface area contributed by atoms with E-state index in [-0.39, 0.29) is 11.8 Å². The Morgan fingerprint density at radius 3 is 3.05 bits per heavy atom. The van der Waals surface area contributed by atoms with Gasteiger partial charge in [-0.05, 0) is 36.6 Å². The van der Waals surface area contributed by atoms with Gasteiger partial charge in [-0.25, -0.2) is 0 Å². The predicted octanol–water partition coefficient (Wildman–Crippen LogP) is 2.61. The van der Waals surface area contributed by atoms with Crippen LogP contribution in [0.5, 0.6) is 0 Å². The number of aromatic nitrogens is 1. The lowest BCUT2D eigenvalue weighted by Crippen LogP contribution is -2.33. The van der Waals surface area contributed by atoms with Crippen molar-refractivity contribution in [2.75, 3.05) is 17.2 Å². The molecule has 1 aliphatic rings. The van der Waals surface area contributed by atoms with Crippen molar-refractivity contribution in [2.24, 2.45) is 5.92 Å². The number of amides is 1. The monoisotopic (exact) mass is 267 g/mol. The Labute approximate surface area is 118 Å². The number of pyridine rings is 1. The average molecular weight is 267 g/mol. The molecule has 4 heteroatoms. The standard InChI is InChI=1S/C16H17N3O/c1-11-6-7-17-10-15(11)19-16(20)13-8-12-4-2-3-5-14(12)18-9-13/h2-7,10,13,18H,8-9H2,1H3,(H,19,20). The summed E-state index contributed by atoms with van der Waals surface area (Å²) in [6.07, 6.45) is 4.19. The highest BCUT2D eigenvalue weighted by atomic mass is 16.1. The molecule has 20 heavy (non-hydrogen) atoms. The Hall–Kier alpha value is -2.36. The maximum absolute atomic E-state index is 12.4. The van der Waals surface area contributed by atoms with Crippen LogP contribution >= 0.6 is 0 Å². The van der Waals surface area contributed by atoms with Crippen LogP contribution in [-0.4, -0.2) is 17.4 Å². The highest BCUT2D eigenvalue weighted by Gasteiger charge is 2.24. The lowest BCUT2D eigenvalue weighted by atomic mass is 9.93. The summed E-state index contributed by atoms with van der Waals surface area (Å²) < 4.78 is 0. The van der Waals surface area contributed by atoms with Crippen molar-refractivity contribution < 1.29 is 4.79 Å². The summed E-state index contributed by atoms with van der Waals surface area (Å²) in [5, 5.41) is 6.29. The second-order valence-corrected chi connectivity index (χ2v) is 5.12. The van der Waals surface area contributed by atoms with Crippen LogP contribution in [-0.2, 0) is 11.2 Å². The second-order valence-electron chi connectivity index (χ2n) is 5.12. The summed E-state index contributed by atoms with van der Waals surface area (Å²) in [6.45, 7) is 2.63. The fraction of sp³-hybridized carbons (Fsp3) is 0.250. The van der Waals surface area contributed by atoms with Gasteiger partial charge in [0, 0.05) is 18.4 Å². The van der Waals surface area contributed by atoms with Gasteiger partial charge in [0.2, 0.25) is 5.91 Å². The van der Waals surface area contributed by atoms with E-state index in [2.05, 4.69) is 27.8 Å². The van der Waals surface area contributed by atoms with Gasteiger partial charge in [0.25, 0.3) is 0 Å². The molecule has 2 heterocycles. The minimum absolute atomic E-state index is 0.0445. The van der Waals surface area contributed by atoms with Crippen LogP contribution in [0.4, 0.5) is 11.4 Å². The maximum atomic E-state index is 12.4. The van der Waals surface area contributed by atoms with E-state index in [1.54, 1.807) is 12.4 Å². The van der Waals surface area contributed by atoms with Gasteiger partial charge in [0.15, 0.2) is 0 Å². The first kappa shape index (κ1) is 12.7. The number of nitrogens with one attached hydrogen (secondary N) is 2. The minimum Gasteiger partial charge on any atom is -0.384 e. The quantitative estimate of drug-likeness (QED) is 0.879. The molecule has 0 radical (unpaired) electrons. The van der Waals surface area contributed by atoms with Gasteiger partial charge in [-0.1, -0.05) is 18.2 Å². The molecular formula is C16H17N3O. The topological polar surface area (TPSA) is 54.0 Å². The molecule has 1 aromatic carbocycles. The number of benzene rings is 1. The van der Waals surface area contributed by atoms with E-state index < -0.39 is 0 Å². The number of carbonyl (C=O) groups excluding carboxylic acids is 1. The summed E-state index contributed by atoms with van der Waals surface area (Å²) in [5.74, 6) is -0.00684. The van der Waals surface area contributed by atoms with Crippen molar-refractivity contribution in [3.05, 3.63) is 53.9 Å². The zero-order valence-electron chi connectivity index (χ0n) is 11.4. The number of fused-ring (bicyclic) bond motifs is 1. The summed E-state index contributed by atoms with van der Waals surface area (Å²) in [5.41, 5.74) is 4.14. The largest absolute Gasteiger partial charge is 0.384 e. The number of rotatable bonds is 2. The van der Waals surface area contributed by atoms with Crippen molar-refractivity contribution in [3.8, 4) is 0 Å². The van der Waals surface area contributed by atoms with Crippen LogP contribution in [0.15, 0.2) is 42.7 Å². The van der Waals surface area contributed by atoms with Crippen molar-refractivity contribution >= 4 is 17.3 Å². The molecule has 0 spiro atoms. The molecule has 0 fully saturated rings. The Kier molecular flexibility index (Phi) is 3.37. The molecule has 1 aromatic heterocycles. The molecule has 1 amide bonds. The van der Waals surface area contributed by atoms with Gasteiger partial charge in [0.05, 0.1) is 17.8 Å². The van der Waals surface area contributed by atoms with Crippen molar-refractivity contribution in [1.29, 1.82) is 0 Å². The zero-order valence-corrected chi connectivity index (χ0v) is 11.4. The Morgan fingerprint density at radius 1 is 1.35 bits per heavy atom. The number of hydrogen-bond donors (Lipinski definition) is 2. The molecule has 0 saturated heterocycles. The van der Waals surface area contributed by atoms with E-state index >= 15 is 0 Å². The maximum Gasteiger partial charge on any atom is 0.229 e. The number of para-hydroxylation sites is 1. The molecular weight excluding hydrogens is 250 g/mol. The smallest absolute Gasteiger partial charge is 0.229 e. The Bertz CT molecular complexity index is 639. The molecule has 4 nitrogen and oxygen atoms in total. The van der Waals surface area contributed by atoms with E-state index in [0.29, 0.717) is 6.54 Å². The van der Waals surface area contributed by atoms with Crippen LogP contribution in [0.25, 0.3) is 0 Å². The van der Waals surface area contributed by atoms with Gasteiger partial charge in [0.1, 0.15) is 0 Å². The number of carbonyl (C=O) groups is 1. The third kappa shape index (κ3) is 2.50. The molecule has 0 bridgehead atoms. The average Bonchev–Trinajstić information content (AvgIpc) is 2.49. The highest BCUT2D eigenvalue weighted by Crippen LogP contribution is 2.25. The lowest BCUT2D eigenvalue weighted by Gasteiger charge is -2.25. The molecule has 1 aliphatic heterocycles. The van der Waals surface area contributed by atoms with Crippen LogP contribution in [0.3, 0.4) is 0 Å². The number of anilines is 2. The van der Waals surface area contributed by atoms with Gasteiger partial charge >= 0.3 is 0 Å². The highest BCUT2D eigenvalue weighted by molar-refractivity contribution is 5.94. The third-order valence-electron chi connectivity index (χ3n) is 3.69. The molecule has 0 aliphatic carbocycles. The zero-order chi connectivity index (χ0) is 13.9. The Morgan fingerprint density at radius 2 is 2.20 bits per heavy atom. The van der Waals surface area contributed by atoms with Crippen LogP contribution in [0.2, 0.25) is 0 Å². The van der Waals surface area contributed by atoms with Gasteiger partial charge in [-0.3, -0.25) is 9.78 Å². The molecule has 2 aromatic rings. The summed E-state index contributed by atoms with van der Waals surface area (Å²) in [6, 6.07) is 10.0. The molecule has 0 saturated carbocycles. The molecule has 1 unspecified atom stereocenters. The SMILES string of the molecule is Cc1ccncc1NC(=O)C1CNc2ccccc2C1. The molecule has 102 valence electrons. The normalized spacial score (nSPS) is 16.9. The minimum atomic E-state index is -0.0514. The first-order chi connectivity index (χ1) is 9.74. The van der Waals surface area contributed by atoms with Crippen molar-refractivity contribution in [3.63, 3.8) is 0 Å². The van der Waals surface area contributed by atoms with E-state index in [4.69, 9.17) is 0 Å². The van der Waals surface area contributed by atoms with E-state index in [0.717, 1.165) is 23.4 Å². The second kappa shape index (κ2) is 5.33. The molecule has 3 rings (SSSR count). The summed E-state index contributed by atoms with van der Waals surface area (Å²) in [4.78, 5) is 16.4. The number of aryl methyl sites for hydroxylation is 1. The van der Waals surface area contributed by atoms with Crippen LogP contribution < -0.4 is 10.6 Å². The van der Waals surface area contributed by atoms with E-state index in [9.17, 15) is 4.79 Å². The molecule has 1 atom stereocenters. The number of hydrogen-bond acceptors (Lipinski definition) is 3. The van der Waals surface area contributed by atoms with Crippen molar-refractivity contribution in [1.82, 2.24) is 4.98 Å². The van der Waals surface area contributed by atoms with E-state index in [1.807, 2.05) is 25.1 Å². The summed E-state index contributed by atoms with van der Waals surface area (Å²) >= 11 is 0. The summed E-state index contributed by atoms with van der Waals surface area (Å²) in [7, 11) is 0. The van der Waals surface area contributed by atoms with Crippen LogP contribution in [0, 0.1) is 12.8 Å².